The number of hydrogen-bond acceptors (Lipinski definition) is 3. The third-order valence-electron chi connectivity index (χ3n) is 9.15. The van der Waals surface area contributed by atoms with Gasteiger partial charge in [-0.05, 0) is 117 Å². The SMILES string of the molecule is Cc1ccc2c(oc3c(F)c(CCC4CCc5cc(CCc6cc7c(c(F)c6F)OC(C)CC7)c(F)c(F)c5O4)ccc32)c1F. The van der Waals surface area contributed by atoms with Gasteiger partial charge in [0.1, 0.15) is 0 Å². The molecule has 234 valence electrons. The Morgan fingerprint density at radius 2 is 1.20 bits per heavy atom. The average Bonchev–Trinajstić information content (AvgIpc) is 3.42. The lowest BCUT2D eigenvalue weighted by Crippen LogP contribution is -2.25. The molecule has 0 saturated heterocycles. The fourth-order valence-corrected chi connectivity index (χ4v) is 6.55. The van der Waals surface area contributed by atoms with Crippen molar-refractivity contribution < 1.29 is 40.2 Å². The first-order valence-corrected chi connectivity index (χ1v) is 15.2. The maximum Gasteiger partial charge on any atom is 0.201 e. The lowest BCUT2D eigenvalue weighted by Gasteiger charge is -2.27. The van der Waals surface area contributed by atoms with Gasteiger partial charge in [-0.25, -0.2) is 17.6 Å². The van der Waals surface area contributed by atoms with Crippen molar-refractivity contribution >= 4 is 21.9 Å². The molecule has 45 heavy (non-hydrogen) atoms. The van der Waals surface area contributed by atoms with E-state index in [1.165, 1.54) is 6.07 Å². The van der Waals surface area contributed by atoms with E-state index < -0.39 is 41.0 Å². The molecular weight excluding hydrogens is 594 g/mol. The Labute approximate surface area is 255 Å². The summed E-state index contributed by atoms with van der Waals surface area (Å²) in [5, 5.41) is 0.969. The minimum atomic E-state index is -1.13. The molecule has 0 fully saturated rings. The van der Waals surface area contributed by atoms with Gasteiger partial charge >= 0.3 is 0 Å². The van der Waals surface area contributed by atoms with Crippen molar-refractivity contribution in [2.75, 3.05) is 0 Å². The molecule has 2 unspecified atom stereocenters. The molecule has 0 radical (unpaired) electrons. The number of rotatable bonds is 6. The van der Waals surface area contributed by atoms with Crippen LogP contribution in [0.15, 0.2) is 40.8 Å². The number of aryl methyl sites for hydroxylation is 6. The summed E-state index contributed by atoms with van der Waals surface area (Å²) in [6.07, 6.45) is 1.97. The fraction of sp³-hybridized carbons (Fsp3) is 0.333. The maximum atomic E-state index is 15.4. The predicted octanol–water partition coefficient (Wildman–Crippen LogP) is 9.55. The zero-order valence-electron chi connectivity index (χ0n) is 24.8. The van der Waals surface area contributed by atoms with Crippen LogP contribution in [-0.2, 0) is 32.1 Å². The van der Waals surface area contributed by atoms with Crippen LogP contribution >= 0.6 is 0 Å². The summed E-state index contributed by atoms with van der Waals surface area (Å²) < 4.78 is 107. The van der Waals surface area contributed by atoms with Crippen LogP contribution in [0, 0.1) is 41.8 Å². The summed E-state index contributed by atoms with van der Waals surface area (Å²) in [6.45, 7) is 3.40. The normalized spacial score (nSPS) is 17.7. The van der Waals surface area contributed by atoms with E-state index >= 15 is 13.2 Å². The smallest absolute Gasteiger partial charge is 0.201 e. The Morgan fingerprint density at radius 3 is 1.87 bits per heavy atom. The molecule has 9 heteroatoms. The topological polar surface area (TPSA) is 31.6 Å². The van der Waals surface area contributed by atoms with Gasteiger partial charge in [-0.2, -0.15) is 8.78 Å². The van der Waals surface area contributed by atoms with E-state index in [0.717, 1.165) is 0 Å². The number of fused-ring (bicyclic) bond motifs is 5. The van der Waals surface area contributed by atoms with E-state index in [0.29, 0.717) is 65.1 Å². The summed E-state index contributed by atoms with van der Waals surface area (Å²) in [6, 6.07) is 9.71. The maximum absolute atomic E-state index is 15.4. The van der Waals surface area contributed by atoms with Crippen LogP contribution in [0.5, 0.6) is 11.5 Å². The average molecular weight is 625 g/mol. The molecule has 3 nitrogen and oxygen atoms in total. The Bertz CT molecular complexity index is 1980. The van der Waals surface area contributed by atoms with Crippen LogP contribution in [-0.4, -0.2) is 12.2 Å². The van der Waals surface area contributed by atoms with Gasteiger partial charge in [0.2, 0.25) is 11.6 Å². The van der Waals surface area contributed by atoms with Crippen molar-refractivity contribution in [2.24, 2.45) is 0 Å². The number of benzene rings is 4. The Balaban J connectivity index is 1.05. The van der Waals surface area contributed by atoms with Crippen molar-refractivity contribution in [2.45, 2.75) is 77.4 Å². The summed E-state index contributed by atoms with van der Waals surface area (Å²) in [5.74, 6) is -5.66. The second-order valence-corrected chi connectivity index (χ2v) is 12.2. The third-order valence-corrected chi connectivity index (χ3v) is 9.15. The number of halogens is 6. The van der Waals surface area contributed by atoms with Gasteiger partial charge in [-0.3, -0.25) is 0 Å². The third kappa shape index (κ3) is 5.10. The Hall–Kier alpha value is -4.14. The lowest BCUT2D eigenvalue weighted by molar-refractivity contribution is 0.154. The van der Waals surface area contributed by atoms with Crippen LogP contribution in [0.25, 0.3) is 21.9 Å². The molecule has 0 N–H and O–H groups in total. The van der Waals surface area contributed by atoms with Crippen LogP contribution in [0.1, 0.15) is 59.6 Å². The van der Waals surface area contributed by atoms with Crippen molar-refractivity contribution in [1.29, 1.82) is 0 Å². The highest BCUT2D eigenvalue weighted by Crippen LogP contribution is 2.38. The first kappa shape index (κ1) is 29.6. The van der Waals surface area contributed by atoms with Gasteiger partial charge in [-0.1, -0.05) is 18.2 Å². The molecule has 3 heterocycles. The van der Waals surface area contributed by atoms with Gasteiger partial charge in [-0.15, -0.1) is 0 Å². The molecule has 0 amide bonds. The first-order chi connectivity index (χ1) is 21.6. The van der Waals surface area contributed by atoms with E-state index in [2.05, 4.69) is 0 Å². The predicted molar refractivity (Wildman–Crippen MR) is 158 cm³/mol. The summed E-state index contributed by atoms with van der Waals surface area (Å²) in [4.78, 5) is 0. The van der Waals surface area contributed by atoms with Gasteiger partial charge in [0.15, 0.2) is 45.9 Å². The molecule has 0 bridgehead atoms. The second kappa shape index (κ2) is 11.3. The van der Waals surface area contributed by atoms with E-state index in [9.17, 15) is 13.2 Å². The molecule has 5 aromatic rings. The molecule has 1 aromatic heterocycles. The van der Waals surface area contributed by atoms with Crippen LogP contribution in [0.2, 0.25) is 0 Å². The second-order valence-electron chi connectivity index (χ2n) is 12.2. The molecule has 0 saturated carbocycles. The molecule has 0 aliphatic carbocycles. The van der Waals surface area contributed by atoms with Crippen molar-refractivity contribution in [3.63, 3.8) is 0 Å². The first-order valence-electron chi connectivity index (χ1n) is 15.2. The Kier molecular flexibility index (Phi) is 7.45. The summed E-state index contributed by atoms with van der Waals surface area (Å²) in [7, 11) is 0. The molecule has 2 aliphatic rings. The van der Waals surface area contributed by atoms with E-state index in [-0.39, 0.29) is 59.2 Å². The highest BCUT2D eigenvalue weighted by Gasteiger charge is 2.29. The highest BCUT2D eigenvalue weighted by atomic mass is 19.2. The van der Waals surface area contributed by atoms with E-state index in [1.54, 1.807) is 44.2 Å². The Morgan fingerprint density at radius 1 is 0.622 bits per heavy atom. The van der Waals surface area contributed by atoms with E-state index in [1.807, 2.05) is 0 Å². The summed E-state index contributed by atoms with van der Waals surface area (Å²) in [5.41, 5.74) is 1.94. The fourth-order valence-electron chi connectivity index (χ4n) is 6.55. The standard InChI is InChI=1S/C36H30F6O3/c1-17-3-13-25-26-14-10-19(30(40)36(26)45-35(25)27(17)37)8-11-24-12-9-23-16-21(29(39)32(42)34(23)44-24)7-6-20-15-22-5-4-18(2)43-33(22)31(41)28(20)38/h3,10,13-16,18,24H,4-9,11-12H2,1-2H3. The lowest BCUT2D eigenvalue weighted by atomic mass is 9.93. The van der Waals surface area contributed by atoms with Gasteiger partial charge in [0, 0.05) is 10.8 Å². The summed E-state index contributed by atoms with van der Waals surface area (Å²) >= 11 is 0. The number of ether oxygens (including phenoxy) is 2. The van der Waals surface area contributed by atoms with Crippen molar-refractivity contribution in [1.82, 2.24) is 0 Å². The zero-order valence-corrected chi connectivity index (χ0v) is 24.8. The molecule has 4 aromatic carbocycles. The number of hydrogen-bond donors (Lipinski definition) is 0. The molecular formula is C36H30F6O3. The molecule has 0 spiro atoms. The van der Waals surface area contributed by atoms with Crippen LogP contribution < -0.4 is 9.47 Å². The minimum Gasteiger partial charge on any atom is -0.487 e. The van der Waals surface area contributed by atoms with Crippen molar-refractivity contribution in [3.8, 4) is 11.5 Å². The molecule has 2 aliphatic heterocycles. The van der Waals surface area contributed by atoms with Crippen LogP contribution in [0.3, 0.4) is 0 Å². The largest absolute Gasteiger partial charge is 0.487 e. The highest BCUT2D eigenvalue weighted by molar-refractivity contribution is 6.05. The quantitative estimate of drug-likeness (QED) is 0.176. The van der Waals surface area contributed by atoms with Gasteiger partial charge in [0.05, 0.1) is 12.2 Å². The minimum absolute atomic E-state index is 0.00869. The van der Waals surface area contributed by atoms with E-state index in [4.69, 9.17) is 13.9 Å². The van der Waals surface area contributed by atoms with Crippen molar-refractivity contribution in [3.05, 3.63) is 105 Å². The van der Waals surface area contributed by atoms with Crippen LogP contribution in [0.4, 0.5) is 26.3 Å². The van der Waals surface area contributed by atoms with Gasteiger partial charge < -0.3 is 13.9 Å². The molecule has 2 atom stereocenters. The number of furan rings is 1. The van der Waals surface area contributed by atoms with Gasteiger partial charge in [0.25, 0.3) is 0 Å². The molecule has 7 rings (SSSR count). The zero-order chi connectivity index (χ0) is 31.6. The monoisotopic (exact) mass is 624 g/mol.